The van der Waals surface area contributed by atoms with Crippen LogP contribution in [0.2, 0.25) is 0 Å². The number of rotatable bonds is 8. The third-order valence-corrected chi connectivity index (χ3v) is 6.34. The highest BCUT2D eigenvalue weighted by atomic mass is 32.2. The summed E-state index contributed by atoms with van der Waals surface area (Å²) >= 11 is 0. The van der Waals surface area contributed by atoms with E-state index in [4.69, 9.17) is 0 Å². The predicted octanol–water partition coefficient (Wildman–Crippen LogP) is 3.70. The quantitative estimate of drug-likeness (QED) is 0.781. The fourth-order valence-corrected chi connectivity index (χ4v) is 4.64. The van der Waals surface area contributed by atoms with Crippen molar-refractivity contribution in [1.29, 1.82) is 0 Å². The third-order valence-electron chi connectivity index (χ3n) is 4.18. The van der Waals surface area contributed by atoms with Crippen molar-refractivity contribution in [3.05, 3.63) is 65.2 Å². The average molecular weight is 361 g/mol. The highest BCUT2D eigenvalue weighted by molar-refractivity contribution is 7.89. The molecular weight excluding hydrogens is 332 g/mol. The van der Waals surface area contributed by atoms with Gasteiger partial charge < -0.3 is 5.32 Å². The molecule has 0 aromatic heterocycles. The maximum Gasteiger partial charge on any atom is 0.243 e. The first-order valence-corrected chi connectivity index (χ1v) is 10.2. The van der Waals surface area contributed by atoms with Gasteiger partial charge in [0.2, 0.25) is 10.0 Å². The fourth-order valence-electron chi connectivity index (χ4n) is 2.74. The van der Waals surface area contributed by atoms with Crippen LogP contribution < -0.4 is 5.32 Å². The predicted molar refractivity (Wildman–Crippen MR) is 103 cm³/mol. The summed E-state index contributed by atoms with van der Waals surface area (Å²) in [6.45, 7) is 9.60. The van der Waals surface area contributed by atoms with Gasteiger partial charge in [0.25, 0.3) is 0 Å². The second-order valence-electron chi connectivity index (χ2n) is 6.51. The Morgan fingerprint density at radius 2 is 1.72 bits per heavy atom. The van der Waals surface area contributed by atoms with E-state index >= 15 is 0 Å². The lowest BCUT2D eigenvalue weighted by molar-refractivity contribution is 0.348. The minimum Gasteiger partial charge on any atom is -0.313 e. The molecule has 0 aliphatic rings. The summed E-state index contributed by atoms with van der Waals surface area (Å²) < 4.78 is 28.2. The second-order valence-corrected chi connectivity index (χ2v) is 8.37. The Labute approximate surface area is 151 Å². The Bertz CT molecular complexity index is 787. The Balaban J connectivity index is 2.39. The van der Waals surface area contributed by atoms with E-state index in [2.05, 4.69) is 5.32 Å². The van der Waals surface area contributed by atoms with E-state index in [0.717, 1.165) is 23.2 Å². The van der Waals surface area contributed by atoms with Gasteiger partial charge in [-0.2, -0.15) is 4.31 Å². The summed E-state index contributed by atoms with van der Waals surface area (Å²) in [6, 6.07) is 15.3. The number of nitrogens with zero attached hydrogens (tertiary/aromatic N) is 1. The van der Waals surface area contributed by atoms with Crippen molar-refractivity contribution in [2.24, 2.45) is 0 Å². The van der Waals surface area contributed by atoms with Gasteiger partial charge in [-0.25, -0.2) is 8.42 Å². The number of hydrogen-bond donors (Lipinski definition) is 1. The zero-order chi connectivity index (χ0) is 18.4. The number of aryl methyl sites for hydroxylation is 1. The molecule has 0 unspecified atom stereocenters. The first-order valence-electron chi connectivity index (χ1n) is 8.72. The number of benzene rings is 2. The van der Waals surface area contributed by atoms with Gasteiger partial charge in [0, 0.05) is 19.1 Å². The molecule has 1 N–H and O–H groups in total. The van der Waals surface area contributed by atoms with Crippen LogP contribution in [0.15, 0.2) is 53.4 Å². The molecule has 5 heteroatoms. The van der Waals surface area contributed by atoms with Crippen LogP contribution >= 0.6 is 0 Å². The molecule has 0 atom stereocenters. The van der Waals surface area contributed by atoms with Crippen molar-refractivity contribution < 1.29 is 8.42 Å². The summed E-state index contributed by atoms with van der Waals surface area (Å²) in [5, 5.41) is 3.25. The molecule has 25 heavy (non-hydrogen) atoms. The maximum atomic E-state index is 13.3. The molecule has 0 amide bonds. The minimum absolute atomic E-state index is 0.123. The molecule has 0 saturated heterocycles. The minimum atomic E-state index is -3.57. The first kappa shape index (κ1) is 19.6. The molecule has 0 fully saturated rings. The van der Waals surface area contributed by atoms with Gasteiger partial charge in [0.1, 0.15) is 0 Å². The van der Waals surface area contributed by atoms with Gasteiger partial charge in [-0.15, -0.1) is 0 Å². The van der Waals surface area contributed by atoms with E-state index in [1.807, 2.05) is 70.2 Å². The molecule has 0 saturated carbocycles. The van der Waals surface area contributed by atoms with Crippen LogP contribution in [0.3, 0.4) is 0 Å². The van der Waals surface area contributed by atoms with Gasteiger partial charge in [0.15, 0.2) is 0 Å². The molecular formula is C20H28N2O2S. The lowest BCUT2D eigenvalue weighted by Crippen LogP contribution is -2.36. The molecule has 0 bridgehead atoms. The van der Waals surface area contributed by atoms with Crippen molar-refractivity contribution in [2.75, 3.05) is 6.54 Å². The highest BCUT2D eigenvalue weighted by Gasteiger charge is 2.28. The lowest BCUT2D eigenvalue weighted by atomic mass is 10.1. The fraction of sp³-hybridized carbons (Fsp3) is 0.400. The first-order chi connectivity index (χ1) is 11.9. The van der Waals surface area contributed by atoms with E-state index in [0.29, 0.717) is 18.0 Å². The lowest BCUT2D eigenvalue weighted by Gasteiger charge is -2.27. The summed E-state index contributed by atoms with van der Waals surface area (Å²) in [6.07, 6.45) is 0. The van der Waals surface area contributed by atoms with Crippen LogP contribution in [0.4, 0.5) is 0 Å². The Hall–Kier alpha value is -1.69. The zero-order valence-electron chi connectivity index (χ0n) is 15.5. The monoisotopic (exact) mass is 360 g/mol. The number of sulfonamides is 1. The Morgan fingerprint density at radius 1 is 1.04 bits per heavy atom. The molecule has 0 aliphatic carbocycles. The SMILES string of the molecule is CCNCc1ccc(C)c(S(=O)(=O)N(Cc2ccccc2)C(C)C)c1. The second kappa shape index (κ2) is 8.61. The molecule has 4 nitrogen and oxygen atoms in total. The van der Waals surface area contributed by atoms with Crippen LogP contribution in [0, 0.1) is 6.92 Å². The molecule has 136 valence electrons. The highest BCUT2D eigenvalue weighted by Crippen LogP contribution is 2.25. The summed E-state index contributed by atoms with van der Waals surface area (Å²) in [7, 11) is -3.57. The van der Waals surface area contributed by atoms with Crippen molar-refractivity contribution >= 4 is 10.0 Å². The van der Waals surface area contributed by atoms with Crippen LogP contribution in [0.5, 0.6) is 0 Å². The summed E-state index contributed by atoms with van der Waals surface area (Å²) in [4.78, 5) is 0.396. The van der Waals surface area contributed by atoms with Crippen LogP contribution in [0.1, 0.15) is 37.5 Å². The van der Waals surface area contributed by atoms with Gasteiger partial charge in [0.05, 0.1) is 4.90 Å². The zero-order valence-corrected chi connectivity index (χ0v) is 16.3. The molecule has 0 spiro atoms. The van der Waals surface area contributed by atoms with Crippen molar-refractivity contribution in [3.63, 3.8) is 0 Å². The third kappa shape index (κ3) is 4.91. The topological polar surface area (TPSA) is 49.4 Å². The largest absolute Gasteiger partial charge is 0.313 e. The van der Waals surface area contributed by atoms with E-state index in [1.165, 1.54) is 0 Å². The standard InChI is InChI=1S/C20H28N2O2S/c1-5-21-14-19-12-11-17(4)20(13-19)25(23,24)22(16(2)3)15-18-9-7-6-8-10-18/h6-13,16,21H,5,14-15H2,1-4H3. The van der Waals surface area contributed by atoms with Gasteiger partial charge in [-0.3, -0.25) is 0 Å². The number of hydrogen-bond acceptors (Lipinski definition) is 3. The average Bonchev–Trinajstić information content (AvgIpc) is 2.59. The summed E-state index contributed by atoms with van der Waals surface area (Å²) in [5.41, 5.74) is 2.75. The van der Waals surface area contributed by atoms with Crippen LogP contribution in [0.25, 0.3) is 0 Å². The van der Waals surface area contributed by atoms with Gasteiger partial charge in [-0.1, -0.05) is 49.4 Å². The summed E-state index contributed by atoms with van der Waals surface area (Å²) in [5.74, 6) is 0. The van der Waals surface area contributed by atoms with Crippen LogP contribution in [-0.2, 0) is 23.1 Å². The smallest absolute Gasteiger partial charge is 0.243 e. The molecule has 2 aromatic rings. The normalized spacial score (nSPS) is 12.1. The Morgan fingerprint density at radius 3 is 2.32 bits per heavy atom. The van der Waals surface area contributed by atoms with Gasteiger partial charge >= 0.3 is 0 Å². The molecule has 0 heterocycles. The Kier molecular flexibility index (Phi) is 6.76. The van der Waals surface area contributed by atoms with E-state index in [9.17, 15) is 8.42 Å². The van der Waals surface area contributed by atoms with E-state index < -0.39 is 10.0 Å². The van der Waals surface area contributed by atoms with Crippen molar-refractivity contribution in [3.8, 4) is 0 Å². The maximum absolute atomic E-state index is 13.3. The van der Waals surface area contributed by atoms with Gasteiger partial charge in [-0.05, 0) is 50.1 Å². The molecule has 2 aromatic carbocycles. The van der Waals surface area contributed by atoms with Crippen molar-refractivity contribution in [1.82, 2.24) is 9.62 Å². The van der Waals surface area contributed by atoms with E-state index in [1.54, 1.807) is 10.4 Å². The van der Waals surface area contributed by atoms with E-state index in [-0.39, 0.29) is 6.04 Å². The molecule has 0 aliphatic heterocycles. The molecule has 2 rings (SSSR count). The number of nitrogens with one attached hydrogen (secondary N) is 1. The van der Waals surface area contributed by atoms with Crippen molar-refractivity contribution in [2.45, 2.75) is 51.7 Å². The van der Waals surface area contributed by atoms with Crippen LogP contribution in [-0.4, -0.2) is 25.3 Å². The molecule has 0 radical (unpaired) electrons.